The fourth-order valence-corrected chi connectivity index (χ4v) is 4.29. The third kappa shape index (κ3) is 14.3. The number of rotatable bonds is 21. The van der Waals surface area contributed by atoms with Gasteiger partial charge in [0.15, 0.2) is 6.10 Å². The lowest BCUT2D eigenvalue weighted by atomic mass is 10.1. The number of hydrogen-bond acceptors (Lipinski definition) is 12. The van der Waals surface area contributed by atoms with E-state index in [-0.39, 0.29) is 38.4 Å². The Balaban J connectivity index is 1.51. The van der Waals surface area contributed by atoms with Crippen LogP contribution < -0.4 is 14.2 Å². The third-order valence-corrected chi connectivity index (χ3v) is 7.10. The second-order valence-corrected chi connectivity index (χ2v) is 11.0. The summed E-state index contributed by atoms with van der Waals surface area (Å²) in [4.78, 5) is 60.2. The molecule has 3 aromatic carbocycles. The zero-order valence-electron chi connectivity index (χ0n) is 28.8. The van der Waals surface area contributed by atoms with Crippen LogP contribution in [-0.4, -0.2) is 69.0 Å². The second kappa shape index (κ2) is 21.4. The lowest BCUT2D eigenvalue weighted by molar-refractivity contribution is -0.156. The van der Waals surface area contributed by atoms with Gasteiger partial charge in [-0.25, -0.2) is 19.2 Å². The standard InChI is InChI=1S/C39H42O12/c1-5-28-10-12-29(13-11-28)38(43)50-32-18-19-34(27(4)24-32)51-39(44)30-14-16-31(17-15-30)48-26-33(49-37(42)20-23-47-36(41)7-3)25-45-21-8-9-22-46-35(40)6-2/h6-7,10-19,24,33H,2-3,5,8-9,20-23,25-26H2,1,4H3. The van der Waals surface area contributed by atoms with Crippen molar-refractivity contribution in [3.8, 4) is 17.2 Å². The van der Waals surface area contributed by atoms with Gasteiger partial charge in [-0.05, 0) is 91.9 Å². The van der Waals surface area contributed by atoms with E-state index in [0.29, 0.717) is 47.8 Å². The molecule has 0 aliphatic carbocycles. The SMILES string of the molecule is C=CC(=O)OCCCCOCC(COc1ccc(C(=O)Oc2ccc(OC(=O)c3ccc(CC)cc3)cc2C)cc1)OC(=O)CCOC(=O)C=C. The summed E-state index contributed by atoms with van der Waals surface area (Å²) >= 11 is 0. The fraction of sp³-hybridized carbons (Fsp3) is 0.308. The van der Waals surface area contributed by atoms with Crippen LogP contribution in [0, 0.1) is 6.92 Å². The van der Waals surface area contributed by atoms with Crippen LogP contribution >= 0.6 is 0 Å². The monoisotopic (exact) mass is 702 g/mol. The Morgan fingerprint density at radius 3 is 1.92 bits per heavy atom. The highest BCUT2D eigenvalue weighted by atomic mass is 16.6. The maximum absolute atomic E-state index is 12.9. The van der Waals surface area contributed by atoms with Crippen molar-refractivity contribution in [1.82, 2.24) is 0 Å². The van der Waals surface area contributed by atoms with E-state index < -0.39 is 36.0 Å². The molecule has 270 valence electrons. The summed E-state index contributed by atoms with van der Waals surface area (Å²) < 4.78 is 37.7. The lowest BCUT2D eigenvalue weighted by Crippen LogP contribution is -2.30. The van der Waals surface area contributed by atoms with E-state index in [4.69, 9.17) is 33.2 Å². The van der Waals surface area contributed by atoms with Crippen molar-refractivity contribution in [1.29, 1.82) is 0 Å². The average Bonchev–Trinajstić information content (AvgIpc) is 3.14. The minimum absolute atomic E-state index is 0.0123. The molecule has 0 radical (unpaired) electrons. The summed E-state index contributed by atoms with van der Waals surface area (Å²) in [6.07, 6.45) is 3.12. The van der Waals surface area contributed by atoms with Crippen LogP contribution in [-0.2, 0) is 39.8 Å². The van der Waals surface area contributed by atoms with Gasteiger partial charge in [-0.1, -0.05) is 32.2 Å². The first-order valence-corrected chi connectivity index (χ1v) is 16.3. The lowest BCUT2D eigenvalue weighted by Gasteiger charge is -2.19. The number of aryl methyl sites for hydroxylation is 2. The molecule has 0 spiro atoms. The molecule has 0 saturated carbocycles. The number of carbonyl (C=O) groups excluding carboxylic acids is 5. The van der Waals surface area contributed by atoms with Crippen LogP contribution in [0.4, 0.5) is 0 Å². The summed E-state index contributed by atoms with van der Waals surface area (Å²) in [5, 5.41) is 0. The third-order valence-electron chi connectivity index (χ3n) is 7.10. The molecule has 0 bridgehead atoms. The molecule has 12 heteroatoms. The Hall–Kier alpha value is -5.75. The minimum atomic E-state index is -0.803. The molecule has 0 aromatic heterocycles. The number of ether oxygens (including phenoxy) is 7. The summed E-state index contributed by atoms with van der Waals surface area (Å²) in [6.45, 7) is 10.7. The van der Waals surface area contributed by atoms with Gasteiger partial charge in [0.1, 0.15) is 30.5 Å². The van der Waals surface area contributed by atoms with E-state index in [1.807, 2.05) is 19.1 Å². The first-order valence-electron chi connectivity index (χ1n) is 16.3. The highest BCUT2D eigenvalue weighted by Crippen LogP contribution is 2.25. The van der Waals surface area contributed by atoms with E-state index in [1.165, 1.54) is 12.1 Å². The number of carbonyl (C=O) groups is 5. The molecule has 0 heterocycles. The van der Waals surface area contributed by atoms with Crippen molar-refractivity contribution in [2.45, 2.75) is 45.6 Å². The maximum atomic E-state index is 12.9. The normalized spacial score (nSPS) is 11.0. The molecule has 0 aliphatic rings. The number of hydrogen-bond donors (Lipinski definition) is 0. The Morgan fingerprint density at radius 1 is 0.706 bits per heavy atom. The van der Waals surface area contributed by atoms with Crippen molar-refractivity contribution in [2.24, 2.45) is 0 Å². The van der Waals surface area contributed by atoms with Gasteiger partial charge >= 0.3 is 29.8 Å². The molecule has 1 unspecified atom stereocenters. The van der Waals surface area contributed by atoms with Crippen LogP contribution in [0.5, 0.6) is 17.2 Å². The van der Waals surface area contributed by atoms with E-state index >= 15 is 0 Å². The Kier molecular flexibility index (Phi) is 16.6. The Morgan fingerprint density at radius 2 is 1.29 bits per heavy atom. The molecule has 3 aromatic rings. The molecular formula is C39H42O12. The van der Waals surface area contributed by atoms with Gasteiger partial charge in [-0.15, -0.1) is 0 Å². The topological polar surface area (TPSA) is 150 Å². The molecule has 0 aliphatic heterocycles. The molecular weight excluding hydrogens is 660 g/mol. The first kappa shape index (κ1) is 39.7. The average molecular weight is 703 g/mol. The summed E-state index contributed by atoms with van der Waals surface area (Å²) in [6, 6.07) is 18.1. The first-order chi connectivity index (χ1) is 24.6. The van der Waals surface area contributed by atoms with E-state index in [9.17, 15) is 24.0 Å². The minimum Gasteiger partial charge on any atom is -0.490 e. The molecule has 12 nitrogen and oxygen atoms in total. The van der Waals surface area contributed by atoms with Crippen molar-refractivity contribution in [3.05, 3.63) is 114 Å². The summed E-state index contributed by atoms with van der Waals surface area (Å²) in [7, 11) is 0. The van der Waals surface area contributed by atoms with Gasteiger partial charge in [-0.3, -0.25) is 4.79 Å². The van der Waals surface area contributed by atoms with Crippen molar-refractivity contribution >= 4 is 29.8 Å². The summed E-state index contributed by atoms with van der Waals surface area (Å²) in [5.74, 6) is -1.87. The van der Waals surface area contributed by atoms with Gasteiger partial charge in [-0.2, -0.15) is 0 Å². The Labute approximate surface area is 296 Å². The van der Waals surface area contributed by atoms with Crippen molar-refractivity contribution < 1.29 is 57.1 Å². The predicted octanol–water partition coefficient (Wildman–Crippen LogP) is 5.93. The van der Waals surface area contributed by atoms with Crippen LogP contribution in [0.25, 0.3) is 0 Å². The van der Waals surface area contributed by atoms with Gasteiger partial charge in [0, 0.05) is 18.8 Å². The molecule has 1 atom stereocenters. The maximum Gasteiger partial charge on any atom is 0.343 e. The van der Waals surface area contributed by atoms with Gasteiger partial charge in [0.05, 0.1) is 30.8 Å². The number of unbranched alkanes of at least 4 members (excludes halogenated alkanes) is 1. The molecule has 0 saturated heterocycles. The van der Waals surface area contributed by atoms with Crippen LogP contribution in [0.3, 0.4) is 0 Å². The summed E-state index contributed by atoms with van der Waals surface area (Å²) in [5.41, 5.74) is 2.39. The van der Waals surface area contributed by atoms with Gasteiger partial charge in [0.2, 0.25) is 0 Å². The zero-order valence-corrected chi connectivity index (χ0v) is 28.8. The quantitative estimate of drug-likeness (QED) is 0.0426. The van der Waals surface area contributed by atoms with E-state index in [0.717, 1.165) is 24.1 Å². The fourth-order valence-electron chi connectivity index (χ4n) is 4.29. The largest absolute Gasteiger partial charge is 0.490 e. The van der Waals surface area contributed by atoms with Crippen molar-refractivity contribution in [3.63, 3.8) is 0 Å². The highest BCUT2D eigenvalue weighted by Gasteiger charge is 2.18. The van der Waals surface area contributed by atoms with Crippen molar-refractivity contribution in [2.75, 3.05) is 33.0 Å². The van der Waals surface area contributed by atoms with Crippen LogP contribution in [0.2, 0.25) is 0 Å². The molecule has 0 amide bonds. The number of esters is 5. The molecule has 0 N–H and O–H groups in total. The Bertz CT molecular complexity index is 1640. The number of benzene rings is 3. The van der Waals surface area contributed by atoms with Crippen LogP contribution in [0.1, 0.15) is 58.0 Å². The predicted molar refractivity (Wildman–Crippen MR) is 186 cm³/mol. The smallest absolute Gasteiger partial charge is 0.343 e. The highest BCUT2D eigenvalue weighted by molar-refractivity contribution is 5.92. The molecule has 51 heavy (non-hydrogen) atoms. The zero-order chi connectivity index (χ0) is 37.0. The van der Waals surface area contributed by atoms with Gasteiger partial charge < -0.3 is 33.2 Å². The molecule has 0 fully saturated rings. The van der Waals surface area contributed by atoms with E-state index in [2.05, 4.69) is 13.2 Å². The van der Waals surface area contributed by atoms with Crippen LogP contribution in [0.15, 0.2) is 92.0 Å². The van der Waals surface area contributed by atoms with Gasteiger partial charge in [0.25, 0.3) is 0 Å². The second-order valence-electron chi connectivity index (χ2n) is 11.0. The van der Waals surface area contributed by atoms with E-state index in [1.54, 1.807) is 49.4 Å². The molecule has 3 rings (SSSR count).